The molecular weight excluding hydrogens is 239 g/mol. The molecule has 15 heavy (non-hydrogen) atoms. The first-order chi connectivity index (χ1) is 6.77. The fourth-order valence-corrected chi connectivity index (χ4v) is 1.43. The lowest BCUT2D eigenvalue weighted by molar-refractivity contribution is -0.173. The van der Waals surface area contributed by atoms with Crippen molar-refractivity contribution in [3.63, 3.8) is 0 Å². The predicted octanol–water partition coefficient (Wildman–Crippen LogP) is -0.523. The van der Waals surface area contributed by atoms with Crippen LogP contribution >= 0.6 is 0 Å². The molecule has 0 saturated heterocycles. The molecule has 0 radical (unpaired) electrons. The van der Waals surface area contributed by atoms with Crippen molar-refractivity contribution in [3.8, 4) is 0 Å². The Morgan fingerprint density at radius 1 is 1.33 bits per heavy atom. The first-order valence-electron chi connectivity index (χ1n) is 3.99. The second-order valence-electron chi connectivity index (χ2n) is 2.60. The van der Waals surface area contributed by atoms with Gasteiger partial charge in [0.15, 0.2) is 0 Å². The Kier molecular flexibility index (Phi) is 6.10. The summed E-state index contributed by atoms with van der Waals surface area (Å²) in [5.74, 6) is -0.480. The second-order valence-corrected chi connectivity index (χ2v) is 4.53. The van der Waals surface area contributed by atoms with Crippen molar-refractivity contribution >= 4 is 10.0 Å². The van der Waals surface area contributed by atoms with E-state index < -0.39 is 35.2 Å². The van der Waals surface area contributed by atoms with Crippen LogP contribution in [0.1, 0.15) is 0 Å². The van der Waals surface area contributed by atoms with Crippen molar-refractivity contribution in [3.05, 3.63) is 0 Å². The van der Waals surface area contributed by atoms with Crippen LogP contribution < -0.4 is 4.72 Å². The first-order valence-corrected chi connectivity index (χ1v) is 5.65. The van der Waals surface area contributed by atoms with Crippen molar-refractivity contribution < 1.29 is 31.4 Å². The maximum absolute atomic E-state index is 11.5. The number of nitrogens with one attached hydrogen (secondary N) is 1. The van der Waals surface area contributed by atoms with Gasteiger partial charge in [-0.1, -0.05) is 0 Å². The molecule has 0 aromatic rings. The zero-order valence-electron chi connectivity index (χ0n) is 7.75. The normalized spacial score (nSPS) is 13.1. The SMILES string of the molecule is O=S(=O)(CCO)NCCOCC(F)(F)F. The lowest BCUT2D eigenvalue weighted by Crippen LogP contribution is -2.31. The highest BCUT2D eigenvalue weighted by molar-refractivity contribution is 7.89. The highest BCUT2D eigenvalue weighted by Crippen LogP contribution is 2.13. The molecule has 0 heterocycles. The van der Waals surface area contributed by atoms with Crippen LogP contribution in [-0.4, -0.2) is 51.8 Å². The molecule has 0 aromatic carbocycles. The maximum atomic E-state index is 11.5. The van der Waals surface area contributed by atoms with Gasteiger partial charge in [-0.3, -0.25) is 0 Å². The molecule has 0 spiro atoms. The quantitative estimate of drug-likeness (QED) is 0.597. The molecule has 9 heteroatoms. The third kappa shape index (κ3) is 9.91. The molecule has 0 aliphatic rings. The first kappa shape index (κ1) is 14.6. The van der Waals surface area contributed by atoms with E-state index in [0.717, 1.165) is 0 Å². The van der Waals surface area contributed by atoms with E-state index in [0.29, 0.717) is 0 Å². The van der Waals surface area contributed by atoms with Crippen molar-refractivity contribution in [2.45, 2.75) is 6.18 Å². The van der Waals surface area contributed by atoms with E-state index in [1.54, 1.807) is 0 Å². The lowest BCUT2D eigenvalue weighted by atomic mass is 10.7. The van der Waals surface area contributed by atoms with Crippen molar-refractivity contribution in [2.24, 2.45) is 0 Å². The summed E-state index contributed by atoms with van der Waals surface area (Å²) in [5.41, 5.74) is 0. The fourth-order valence-electron chi connectivity index (χ4n) is 0.650. The summed E-state index contributed by atoms with van der Waals surface area (Å²) < 4.78 is 62.4. The largest absolute Gasteiger partial charge is 0.411 e. The molecule has 0 aliphatic heterocycles. The van der Waals surface area contributed by atoms with E-state index in [4.69, 9.17) is 5.11 Å². The molecule has 0 rings (SSSR count). The van der Waals surface area contributed by atoms with Gasteiger partial charge in [0.2, 0.25) is 10.0 Å². The third-order valence-corrected chi connectivity index (χ3v) is 2.56. The maximum Gasteiger partial charge on any atom is 0.411 e. The summed E-state index contributed by atoms with van der Waals surface area (Å²) in [4.78, 5) is 0. The molecule has 0 saturated carbocycles. The van der Waals surface area contributed by atoms with E-state index >= 15 is 0 Å². The molecule has 0 unspecified atom stereocenters. The van der Waals surface area contributed by atoms with Crippen LogP contribution in [0.4, 0.5) is 13.2 Å². The number of hydrogen-bond donors (Lipinski definition) is 2. The van der Waals surface area contributed by atoms with Crippen LogP contribution in [0, 0.1) is 0 Å². The Balaban J connectivity index is 3.55. The molecule has 0 atom stereocenters. The summed E-state index contributed by atoms with van der Waals surface area (Å²) in [6.45, 7) is -2.57. The van der Waals surface area contributed by atoms with Gasteiger partial charge in [0.1, 0.15) is 6.61 Å². The smallest absolute Gasteiger partial charge is 0.395 e. The van der Waals surface area contributed by atoms with Crippen LogP contribution in [0.3, 0.4) is 0 Å². The van der Waals surface area contributed by atoms with Gasteiger partial charge in [0.05, 0.1) is 19.0 Å². The number of aliphatic hydroxyl groups is 1. The van der Waals surface area contributed by atoms with E-state index in [9.17, 15) is 21.6 Å². The van der Waals surface area contributed by atoms with Gasteiger partial charge in [-0.05, 0) is 0 Å². The van der Waals surface area contributed by atoms with Crippen LogP contribution in [0.25, 0.3) is 0 Å². The number of hydrogen-bond acceptors (Lipinski definition) is 4. The zero-order valence-corrected chi connectivity index (χ0v) is 8.57. The topological polar surface area (TPSA) is 75.6 Å². The number of halogens is 3. The zero-order chi connectivity index (χ0) is 11.9. The number of ether oxygens (including phenoxy) is 1. The molecule has 0 amide bonds. The van der Waals surface area contributed by atoms with Gasteiger partial charge in [-0.2, -0.15) is 13.2 Å². The standard InChI is InChI=1S/C6H12F3NO4S/c7-6(8,9)5-14-3-1-10-15(12,13)4-2-11/h10-11H,1-5H2. The van der Waals surface area contributed by atoms with E-state index in [2.05, 4.69) is 4.74 Å². The molecular formula is C6H12F3NO4S. The van der Waals surface area contributed by atoms with Crippen LogP contribution in [0.5, 0.6) is 0 Å². The Labute approximate surface area is 85.3 Å². The number of rotatable bonds is 7. The van der Waals surface area contributed by atoms with Crippen LogP contribution in [0.15, 0.2) is 0 Å². The van der Waals surface area contributed by atoms with Crippen LogP contribution in [-0.2, 0) is 14.8 Å². The Morgan fingerprint density at radius 3 is 2.40 bits per heavy atom. The van der Waals surface area contributed by atoms with Crippen LogP contribution in [0.2, 0.25) is 0 Å². The van der Waals surface area contributed by atoms with E-state index in [1.165, 1.54) is 0 Å². The minimum Gasteiger partial charge on any atom is -0.395 e. The molecule has 0 aromatic heterocycles. The minimum atomic E-state index is -4.41. The lowest BCUT2D eigenvalue weighted by Gasteiger charge is -2.08. The molecule has 92 valence electrons. The Morgan fingerprint density at radius 2 is 1.93 bits per heavy atom. The predicted molar refractivity (Wildman–Crippen MR) is 45.7 cm³/mol. The summed E-state index contributed by atoms with van der Waals surface area (Å²) >= 11 is 0. The van der Waals surface area contributed by atoms with E-state index in [1.807, 2.05) is 4.72 Å². The fraction of sp³-hybridized carbons (Fsp3) is 1.00. The van der Waals surface area contributed by atoms with Gasteiger partial charge in [0, 0.05) is 6.54 Å². The van der Waals surface area contributed by atoms with Crippen molar-refractivity contribution in [1.82, 2.24) is 4.72 Å². The second kappa shape index (κ2) is 6.26. The summed E-state index contributed by atoms with van der Waals surface area (Å²) in [6, 6.07) is 0. The molecule has 5 nitrogen and oxygen atoms in total. The minimum absolute atomic E-state index is 0.252. The average Bonchev–Trinajstić information content (AvgIpc) is 2.00. The van der Waals surface area contributed by atoms with Gasteiger partial charge in [-0.15, -0.1) is 0 Å². The van der Waals surface area contributed by atoms with Gasteiger partial charge in [0.25, 0.3) is 0 Å². The molecule has 0 fully saturated rings. The summed E-state index contributed by atoms with van der Waals surface area (Å²) in [5, 5.41) is 8.31. The van der Waals surface area contributed by atoms with Gasteiger partial charge >= 0.3 is 6.18 Å². The Bertz CT molecular complexity index is 264. The highest BCUT2D eigenvalue weighted by Gasteiger charge is 2.27. The number of sulfonamides is 1. The summed E-state index contributed by atoms with van der Waals surface area (Å²) in [6.07, 6.45) is -4.41. The van der Waals surface area contributed by atoms with E-state index in [-0.39, 0.29) is 13.2 Å². The van der Waals surface area contributed by atoms with Crippen molar-refractivity contribution in [1.29, 1.82) is 0 Å². The third-order valence-electron chi connectivity index (χ3n) is 1.19. The molecule has 0 aliphatic carbocycles. The average molecular weight is 251 g/mol. The monoisotopic (exact) mass is 251 g/mol. The highest BCUT2D eigenvalue weighted by atomic mass is 32.2. The van der Waals surface area contributed by atoms with Gasteiger partial charge in [-0.25, -0.2) is 13.1 Å². The molecule has 0 bridgehead atoms. The van der Waals surface area contributed by atoms with Gasteiger partial charge < -0.3 is 9.84 Å². The Hall–Kier alpha value is -0.380. The van der Waals surface area contributed by atoms with Crippen molar-refractivity contribution in [2.75, 3.05) is 32.1 Å². The number of alkyl halides is 3. The summed E-state index contributed by atoms with van der Waals surface area (Å²) in [7, 11) is -3.61. The number of aliphatic hydroxyl groups excluding tert-OH is 1. The molecule has 2 N–H and O–H groups in total.